The number of hydrogen-bond donors (Lipinski definition) is 0. The highest BCUT2D eigenvalue weighted by Crippen LogP contribution is 2.38. The van der Waals surface area contributed by atoms with Crippen LogP contribution in [-0.4, -0.2) is 12.6 Å². The lowest BCUT2D eigenvalue weighted by molar-refractivity contribution is -0.144. The summed E-state index contributed by atoms with van der Waals surface area (Å²) in [6, 6.07) is 4.90. The Morgan fingerprint density at radius 1 is 1.35 bits per heavy atom. The lowest BCUT2D eigenvalue weighted by Gasteiger charge is -2.28. The van der Waals surface area contributed by atoms with Crippen molar-refractivity contribution < 1.29 is 13.9 Å². The topological polar surface area (TPSA) is 26.3 Å². The third-order valence-electron chi connectivity index (χ3n) is 4.01. The lowest BCUT2D eigenvalue weighted by Crippen LogP contribution is -2.18. The summed E-state index contributed by atoms with van der Waals surface area (Å²) >= 11 is 5.77. The maximum Gasteiger partial charge on any atom is 0.306 e. The second-order valence-corrected chi connectivity index (χ2v) is 5.83. The molecule has 0 aliphatic heterocycles. The van der Waals surface area contributed by atoms with Crippen LogP contribution in [0.25, 0.3) is 0 Å². The van der Waals surface area contributed by atoms with Gasteiger partial charge in [0.25, 0.3) is 0 Å². The molecular formula is C16H20ClFO2. The third-order valence-corrected chi connectivity index (χ3v) is 4.24. The average Bonchev–Trinajstić information content (AvgIpc) is 2.40. The van der Waals surface area contributed by atoms with Crippen LogP contribution in [0.4, 0.5) is 4.39 Å². The molecule has 20 heavy (non-hydrogen) atoms. The molecule has 0 unspecified atom stereocenters. The molecule has 1 aromatic carbocycles. The molecule has 1 aliphatic carbocycles. The standard InChI is InChI=1S/C16H20ClFO2/c1-2-20-16(19)9-11-3-5-12(6-4-11)14-8-7-13(17)10-15(14)18/h7-8,10-12H,2-6,9H2,1H3. The summed E-state index contributed by atoms with van der Waals surface area (Å²) in [6.07, 6.45) is 4.23. The molecule has 1 aromatic rings. The van der Waals surface area contributed by atoms with E-state index in [1.165, 1.54) is 6.07 Å². The van der Waals surface area contributed by atoms with Gasteiger partial charge in [0.05, 0.1) is 6.61 Å². The van der Waals surface area contributed by atoms with E-state index < -0.39 is 0 Å². The molecule has 0 bridgehead atoms. The van der Waals surface area contributed by atoms with Crippen molar-refractivity contribution in [2.45, 2.75) is 44.9 Å². The van der Waals surface area contributed by atoms with Crippen LogP contribution in [0.1, 0.15) is 50.5 Å². The van der Waals surface area contributed by atoms with Gasteiger partial charge in [0.2, 0.25) is 0 Å². The molecule has 1 aliphatic rings. The Bertz CT molecular complexity index is 468. The van der Waals surface area contributed by atoms with Crippen molar-refractivity contribution in [3.8, 4) is 0 Å². The Morgan fingerprint density at radius 2 is 2.05 bits per heavy atom. The monoisotopic (exact) mass is 298 g/mol. The summed E-state index contributed by atoms with van der Waals surface area (Å²) < 4.78 is 18.9. The molecule has 0 amide bonds. The normalized spacial score (nSPS) is 22.6. The van der Waals surface area contributed by atoms with Crippen LogP contribution in [-0.2, 0) is 9.53 Å². The smallest absolute Gasteiger partial charge is 0.306 e. The van der Waals surface area contributed by atoms with Gasteiger partial charge in [-0.15, -0.1) is 0 Å². The van der Waals surface area contributed by atoms with Crippen LogP contribution in [0, 0.1) is 11.7 Å². The summed E-state index contributed by atoms with van der Waals surface area (Å²) in [7, 11) is 0. The molecular weight excluding hydrogens is 279 g/mol. The number of ether oxygens (including phenoxy) is 1. The van der Waals surface area contributed by atoms with Crippen LogP contribution in [0.2, 0.25) is 5.02 Å². The zero-order chi connectivity index (χ0) is 14.5. The molecule has 4 heteroatoms. The second kappa shape index (κ2) is 7.07. The van der Waals surface area contributed by atoms with Gasteiger partial charge in [0.15, 0.2) is 0 Å². The van der Waals surface area contributed by atoms with Gasteiger partial charge in [-0.2, -0.15) is 0 Å². The average molecular weight is 299 g/mol. The van der Waals surface area contributed by atoms with Crippen molar-refractivity contribution in [3.05, 3.63) is 34.6 Å². The lowest BCUT2D eigenvalue weighted by atomic mass is 9.77. The quantitative estimate of drug-likeness (QED) is 0.753. The van der Waals surface area contributed by atoms with Crippen LogP contribution in [0.5, 0.6) is 0 Å². The van der Waals surface area contributed by atoms with Crippen molar-refractivity contribution in [1.29, 1.82) is 0 Å². The summed E-state index contributed by atoms with van der Waals surface area (Å²) in [6.45, 7) is 2.25. The molecule has 2 nitrogen and oxygen atoms in total. The highest BCUT2D eigenvalue weighted by atomic mass is 35.5. The Hall–Kier alpha value is -1.09. The van der Waals surface area contributed by atoms with E-state index >= 15 is 0 Å². The van der Waals surface area contributed by atoms with Crippen LogP contribution in [0.3, 0.4) is 0 Å². The molecule has 1 fully saturated rings. The van der Waals surface area contributed by atoms with Crippen LogP contribution >= 0.6 is 11.6 Å². The molecule has 0 spiro atoms. The maximum atomic E-state index is 13.9. The first-order valence-electron chi connectivity index (χ1n) is 7.20. The van der Waals surface area contributed by atoms with Gasteiger partial charge < -0.3 is 4.74 Å². The highest BCUT2D eigenvalue weighted by molar-refractivity contribution is 6.30. The fraction of sp³-hybridized carbons (Fsp3) is 0.562. The highest BCUT2D eigenvalue weighted by Gasteiger charge is 2.26. The van der Waals surface area contributed by atoms with Gasteiger partial charge in [-0.25, -0.2) is 4.39 Å². The summed E-state index contributed by atoms with van der Waals surface area (Å²) in [5.74, 6) is 0.284. The molecule has 0 heterocycles. The number of carbonyl (C=O) groups is 1. The zero-order valence-corrected chi connectivity index (χ0v) is 12.5. The van der Waals surface area contributed by atoms with E-state index in [-0.39, 0.29) is 17.7 Å². The second-order valence-electron chi connectivity index (χ2n) is 5.39. The minimum absolute atomic E-state index is 0.117. The minimum atomic E-state index is -0.216. The fourth-order valence-electron chi connectivity index (χ4n) is 2.97. The van der Waals surface area contributed by atoms with Gasteiger partial charge in [-0.3, -0.25) is 4.79 Å². The van der Waals surface area contributed by atoms with Crippen molar-refractivity contribution in [2.75, 3.05) is 6.61 Å². The number of halogens is 2. The Kier molecular flexibility index (Phi) is 5.41. The summed E-state index contributed by atoms with van der Waals surface area (Å²) in [4.78, 5) is 11.5. The number of hydrogen-bond acceptors (Lipinski definition) is 2. The summed E-state index contributed by atoms with van der Waals surface area (Å²) in [5, 5.41) is 0.433. The van der Waals surface area contributed by atoms with Gasteiger partial charge in [0.1, 0.15) is 5.82 Å². The third kappa shape index (κ3) is 3.95. The predicted molar refractivity (Wildman–Crippen MR) is 77.4 cm³/mol. The largest absolute Gasteiger partial charge is 0.466 e. The molecule has 110 valence electrons. The van der Waals surface area contributed by atoms with Crippen LogP contribution < -0.4 is 0 Å². The van der Waals surface area contributed by atoms with Gasteiger partial charge in [0, 0.05) is 11.4 Å². The van der Waals surface area contributed by atoms with Crippen molar-refractivity contribution in [3.63, 3.8) is 0 Å². The number of carbonyl (C=O) groups excluding carboxylic acids is 1. The minimum Gasteiger partial charge on any atom is -0.466 e. The van der Waals surface area contributed by atoms with E-state index in [0.717, 1.165) is 31.2 Å². The predicted octanol–water partition coefficient (Wildman–Crippen LogP) is 4.71. The van der Waals surface area contributed by atoms with Crippen molar-refractivity contribution in [2.24, 2.45) is 5.92 Å². The van der Waals surface area contributed by atoms with Gasteiger partial charge >= 0.3 is 5.97 Å². The fourth-order valence-corrected chi connectivity index (χ4v) is 3.12. The van der Waals surface area contributed by atoms with E-state index in [1.807, 2.05) is 6.92 Å². The summed E-state index contributed by atoms with van der Waals surface area (Å²) in [5.41, 5.74) is 0.754. The van der Waals surface area contributed by atoms with E-state index in [9.17, 15) is 9.18 Å². The van der Waals surface area contributed by atoms with Gasteiger partial charge in [-0.05, 0) is 62.1 Å². The molecule has 0 atom stereocenters. The van der Waals surface area contributed by atoms with Gasteiger partial charge in [-0.1, -0.05) is 17.7 Å². The number of rotatable bonds is 4. The molecule has 0 saturated heterocycles. The number of benzene rings is 1. The first kappa shape index (κ1) is 15.3. The molecule has 1 saturated carbocycles. The van der Waals surface area contributed by atoms with Crippen molar-refractivity contribution in [1.82, 2.24) is 0 Å². The van der Waals surface area contributed by atoms with Crippen molar-refractivity contribution >= 4 is 17.6 Å². The first-order chi connectivity index (χ1) is 9.60. The SMILES string of the molecule is CCOC(=O)CC1CCC(c2ccc(Cl)cc2F)CC1. The Labute approximate surface area is 124 Å². The molecule has 0 aromatic heterocycles. The van der Waals surface area contributed by atoms with E-state index in [1.54, 1.807) is 12.1 Å². The van der Waals surface area contributed by atoms with E-state index in [4.69, 9.17) is 16.3 Å². The molecule has 0 N–H and O–H groups in total. The zero-order valence-electron chi connectivity index (χ0n) is 11.7. The Balaban J connectivity index is 1.89. The van der Waals surface area contributed by atoms with Crippen LogP contribution in [0.15, 0.2) is 18.2 Å². The molecule has 2 rings (SSSR count). The Morgan fingerprint density at radius 3 is 2.65 bits per heavy atom. The maximum absolute atomic E-state index is 13.9. The first-order valence-corrected chi connectivity index (χ1v) is 7.58. The van der Waals surface area contributed by atoms with E-state index in [2.05, 4.69) is 0 Å². The molecule has 0 radical (unpaired) electrons. The van der Waals surface area contributed by atoms with E-state index in [0.29, 0.717) is 24.0 Å². The number of esters is 1.